The number of ether oxygens (including phenoxy) is 1. The van der Waals surface area contributed by atoms with Gasteiger partial charge in [-0.15, -0.1) is 0 Å². The zero-order valence-electron chi connectivity index (χ0n) is 9.79. The summed E-state index contributed by atoms with van der Waals surface area (Å²) in [4.78, 5) is 0. The Morgan fingerprint density at radius 3 is 2.24 bits per heavy atom. The van der Waals surface area contributed by atoms with Crippen molar-refractivity contribution >= 4 is 0 Å². The van der Waals surface area contributed by atoms with E-state index in [4.69, 9.17) is 10.5 Å². The molecule has 3 rings (SSSR count). The first-order chi connectivity index (χ1) is 7.85. The highest BCUT2D eigenvalue weighted by atomic mass is 19.3. The van der Waals surface area contributed by atoms with Crippen molar-refractivity contribution in [3.05, 3.63) is 0 Å². The Balaban J connectivity index is 1.80. The van der Waals surface area contributed by atoms with Crippen LogP contribution in [0, 0.1) is 0 Å². The van der Waals surface area contributed by atoms with Crippen LogP contribution in [-0.4, -0.2) is 34.4 Å². The molecule has 2 saturated heterocycles. The third kappa shape index (κ3) is 1.63. The average Bonchev–Trinajstić information content (AvgIpc) is 2.83. The molecule has 3 nitrogen and oxygen atoms in total. The van der Waals surface area contributed by atoms with E-state index in [0.29, 0.717) is 6.42 Å². The van der Waals surface area contributed by atoms with Gasteiger partial charge in [-0.1, -0.05) is 0 Å². The van der Waals surface area contributed by atoms with Crippen molar-refractivity contribution in [3.63, 3.8) is 0 Å². The van der Waals surface area contributed by atoms with Crippen LogP contribution in [0.5, 0.6) is 0 Å². The van der Waals surface area contributed by atoms with Crippen molar-refractivity contribution in [1.82, 2.24) is 0 Å². The zero-order valence-corrected chi connectivity index (χ0v) is 9.79. The molecule has 1 saturated carbocycles. The van der Waals surface area contributed by atoms with Crippen LogP contribution in [0.4, 0.5) is 8.78 Å². The van der Waals surface area contributed by atoms with Crippen LogP contribution in [0.2, 0.25) is 0 Å². The highest BCUT2D eigenvalue weighted by Crippen LogP contribution is 2.51. The largest absolute Gasteiger partial charge is 0.388 e. The summed E-state index contributed by atoms with van der Waals surface area (Å²) in [5, 5.41) is 10.6. The van der Waals surface area contributed by atoms with Gasteiger partial charge in [0.15, 0.2) is 0 Å². The molecule has 2 heterocycles. The summed E-state index contributed by atoms with van der Waals surface area (Å²) in [6, 6.07) is 0. The lowest BCUT2D eigenvalue weighted by Crippen LogP contribution is -2.67. The standard InChI is InChI=1S/C12H19F2NO2/c13-11(14)5-3-10(16,4-6-11)12(15)7-8-1-2-9(12)17-8/h8-9,16H,1-7,15H2. The minimum absolute atomic E-state index is 0.0864. The van der Waals surface area contributed by atoms with Crippen LogP contribution in [0.1, 0.15) is 44.9 Å². The van der Waals surface area contributed by atoms with Gasteiger partial charge in [-0.2, -0.15) is 0 Å². The number of hydrogen-bond donors (Lipinski definition) is 2. The van der Waals surface area contributed by atoms with E-state index in [1.807, 2.05) is 0 Å². The van der Waals surface area contributed by atoms with Gasteiger partial charge in [-0.3, -0.25) is 0 Å². The predicted molar refractivity (Wildman–Crippen MR) is 57.8 cm³/mol. The number of fused-ring (bicyclic) bond motifs is 2. The van der Waals surface area contributed by atoms with Crippen molar-refractivity contribution in [1.29, 1.82) is 0 Å². The summed E-state index contributed by atoms with van der Waals surface area (Å²) in [6.07, 6.45) is 2.06. The maximum absolute atomic E-state index is 13.2. The topological polar surface area (TPSA) is 55.5 Å². The highest BCUT2D eigenvalue weighted by Gasteiger charge is 2.62. The van der Waals surface area contributed by atoms with Crippen LogP contribution in [0.15, 0.2) is 0 Å². The van der Waals surface area contributed by atoms with Gasteiger partial charge in [0, 0.05) is 12.8 Å². The van der Waals surface area contributed by atoms with E-state index < -0.39 is 17.1 Å². The van der Waals surface area contributed by atoms with Gasteiger partial charge in [0.1, 0.15) is 0 Å². The highest BCUT2D eigenvalue weighted by molar-refractivity contribution is 5.16. The third-order valence-electron chi connectivity index (χ3n) is 4.92. The number of nitrogens with two attached hydrogens (primary N) is 1. The van der Waals surface area contributed by atoms with Crippen LogP contribution in [0.25, 0.3) is 0 Å². The van der Waals surface area contributed by atoms with Crippen molar-refractivity contribution in [2.45, 2.75) is 74.2 Å². The van der Waals surface area contributed by atoms with Gasteiger partial charge in [0.05, 0.1) is 23.3 Å². The van der Waals surface area contributed by atoms with Gasteiger partial charge < -0.3 is 15.6 Å². The molecule has 2 aliphatic heterocycles. The molecule has 0 radical (unpaired) electrons. The SMILES string of the molecule is NC1(C2(O)CCC(F)(F)CC2)CC2CCC1O2. The first-order valence-corrected chi connectivity index (χ1v) is 6.39. The lowest BCUT2D eigenvalue weighted by Gasteiger charge is -2.49. The maximum atomic E-state index is 13.2. The number of alkyl halides is 2. The fourth-order valence-electron chi connectivity index (χ4n) is 3.73. The molecule has 0 aromatic heterocycles. The summed E-state index contributed by atoms with van der Waals surface area (Å²) in [6.45, 7) is 0. The normalized spacial score (nSPS) is 47.3. The predicted octanol–water partition coefficient (Wildman–Crippen LogP) is 1.58. The molecule has 3 aliphatic rings. The zero-order chi connectivity index (χ0) is 12.3. The summed E-state index contributed by atoms with van der Waals surface area (Å²) in [5.41, 5.74) is 4.34. The number of halogens is 2. The molecule has 5 heteroatoms. The van der Waals surface area contributed by atoms with E-state index in [0.717, 1.165) is 12.8 Å². The summed E-state index contributed by atoms with van der Waals surface area (Å²) < 4.78 is 32.0. The summed E-state index contributed by atoms with van der Waals surface area (Å²) in [7, 11) is 0. The van der Waals surface area contributed by atoms with Crippen molar-refractivity contribution < 1.29 is 18.6 Å². The van der Waals surface area contributed by atoms with E-state index in [9.17, 15) is 13.9 Å². The fraction of sp³-hybridized carbons (Fsp3) is 1.00. The van der Waals surface area contributed by atoms with Crippen LogP contribution in [0.3, 0.4) is 0 Å². The molecular formula is C12H19F2NO2. The Bertz CT molecular complexity index is 326. The summed E-state index contributed by atoms with van der Waals surface area (Å²) >= 11 is 0. The van der Waals surface area contributed by atoms with E-state index >= 15 is 0 Å². The lowest BCUT2D eigenvalue weighted by atomic mass is 9.64. The van der Waals surface area contributed by atoms with Crippen LogP contribution >= 0.6 is 0 Å². The molecule has 98 valence electrons. The van der Waals surface area contributed by atoms with Gasteiger partial charge in [-0.05, 0) is 32.1 Å². The first kappa shape index (κ1) is 11.8. The molecule has 1 aliphatic carbocycles. The monoisotopic (exact) mass is 247 g/mol. The quantitative estimate of drug-likeness (QED) is 0.739. The Hall–Kier alpha value is -0.260. The maximum Gasteiger partial charge on any atom is 0.248 e. The summed E-state index contributed by atoms with van der Waals surface area (Å²) in [5.74, 6) is -2.64. The molecule has 0 aromatic rings. The second-order valence-corrected chi connectivity index (χ2v) is 5.96. The lowest BCUT2D eigenvalue weighted by molar-refractivity contribution is -0.143. The van der Waals surface area contributed by atoms with Gasteiger partial charge in [-0.25, -0.2) is 8.78 Å². The molecular weight excluding hydrogens is 228 g/mol. The van der Waals surface area contributed by atoms with Crippen LogP contribution in [-0.2, 0) is 4.74 Å². The van der Waals surface area contributed by atoms with Crippen LogP contribution < -0.4 is 5.73 Å². The smallest absolute Gasteiger partial charge is 0.248 e. The Morgan fingerprint density at radius 2 is 1.76 bits per heavy atom. The minimum atomic E-state index is -2.64. The van der Waals surface area contributed by atoms with Crippen molar-refractivity contribution in [2.75, 3.05) is 0 Å². The average molecular weight is 247 g/mol. The number of rotatable bonds is 1. The van der Waals surface area contributed by atoms with E-state index in [1.54, 1.807) is 0 Å². The second-order valence-electron chi connectivity index (χ2n) is 5.96. The molecule has 0 spiro atoms. The molecule has 2 bridgehead atoms. The number of aliphatic hydroxyl groups is 1. The molecule has 3 unspecified atom stereocenters. The van der Waals surface area contributed by atoms with Crippen molar-refractivity contribution in [3.8, 4) is 0 Å². The second kappa shape index (κ2) is 3.39. The fourth-order valence-corrected chi connectivity index (χ4v) is 3.73. The van der Waals surface area contributed by atoms with E-state index in [-0.39, 0.29) is 37.9 Å². The van der Waals surface area contributed by atoms with Gasteiger partial charge in [0.25, 0.3) is 0 Å². The third-order valence-corrected chi connectivity index (χ3v) is 4.92. The minimum Gasteiger partial charge on any atom is -0.388 e. The van der Waals surface area contributed by atoms with E-state index in [2.05, 4.69) is 0 Å². The van der Waals surface area contributed by atoms with Gasteiger partial charge >= 0.3 is 0 Å². The first-order valence-electron chi connectivity index (χ1n) is 6.39. The van der Waals surface area contributed by atoms with E-state index in [1.165, 1.54) is 0 Å². The molecule has 3 N–H and O–H groups in total. The molecule has 17 heavy (non-hydrogen) atoms. The molecule has 0 amide bonds. The molecule has 0 aromatic carbocycles. The Kier molecular flexibility index (Phi) is 2.36. The molecule has 3 atom stereocenters. The Labute approximate surface area is 99.3 Å². The van der Waals surface area contributed by atoms with Gasteiger partial charge in [0.2, 0.25) is 5.92 Å². The molecule has 3 fully saturated rings. The van der Waals surface area contributed by atoms with Crippen molar-refractivity contribution in [2.24, 2.45) is 5.73 Å². The Morgan fingerprint density at radius 1 is 1.12 bits per heavy atom. The number of hydrogen-bond acceptors (Lipinski definition) is 3.